The Morgan fingerprint density at radius 1 is 1.27 bits per heavy atom. The fourth-order valence-electron chi connectivity index (χ4n) is 3.33. The van der Waals surface area contributed by atoms with E-state index in [1.807, 2.05) is 5.38 Å². The summed E-state index contributed by atoms with van der Waals surface area (Å²) in [4.78, 5) is 28.1. The topological polar surface area (TPSA) is 149 Å². The Morgan fingerprint density at radius 3 is 2.77 bits per heavy atom. The van der Waals surface area contributed by atoms with Crippen molar-refractivity contribution >= 4 is 28.9 Å². The van der Waals surface area contributed by atoms with Gasteiger partial charge < -0.3 is 11.1 Å². The largest absolute Gasteiger partial charge is 0.368 e. The second-order valence-electron chi connectivity index (χ2n) is 7.15. The van der Waals surface area contributed by atoms with Gasteiger partial charge in [0.2, 0.25) is 11.9 Å². The Labute approximate surface area is 176 Å². The third-order valence-corrected chi connectivity index (χ3v) is 5.85. The summed E-state index contributed by atoms with van der Waals surface area (Å²) in [6, 6.07) is 1.38. The third kappa shape index (κ3) is 4.44. The van der Waals surface area contributed by atoms with Crippen molar-refractivity contribution in [2.75, 3.05) is 17.6 Å². The molecule has 0 saturated heterocycles. The maximum Gasteiger partial charge on any atom is 0.256 e. The van der Waals surface area contributed by atoms with Crippen LogP contribution in [0, 0.1) is 0 Å². The molecule has 7 N–H and O–H groups in total. The SMILES string of the molecule is Nc1ncc(CN2CCc3c(C(=O)Nc4cncc(C(N)(N)F)c4)csc3C2)cn1. The Kier molecular flexibility index (Phi) is 5.43. The molecule has 0 atom stereocenters. The lowest BCUT2D eigenvalue weighted by atomic mass is 10.0. The van der Waals surface area contributed by atoms with Crippen LogP contribution in [0.4, 0.5) is 16.0 Å². The molecule has 4 heterocycles. The number of hydrogen-bond acceptors (Lipinski definition) is 9. The van der Waals surface area contributed by atoms with Crippen molar-refractivity contribution in [2.24, 2.45) is 11.5 Å². The summed E-state index contributed by atoms with van der Waals surface area (Å²) in [6.45, 7) is 2.25. The van der Waals surface area contributed by atoms with Gasteiger partial charge in [0.15, 0.2) is 0 Å². The molecule has 11 heteroatoms. The van der Waals surface area contributed by atoms with E-state index < -0.39 is 5.92 Å². The highest BCUT2D eigenvalue weighted by molar-refractivity contribution is 7.10. The van der Waals surface area contributed by atoms with E-state index in [9.17, 15) is 9.18 Å². The number of carbonyl (C=O) groups is 1. The Balaban J connectivity index is 1.45. The average molecular weight is 428 g/mol. The lowest BCUT2D eigenvalue weighted by molar-refractivity contribution is 0.102. The summed E-state index contributed by atoms with van der Waals surface area (Å²) >= 11 is 1.55. The molecule has 0 aliphatic carbocycles. The summed E-state index contributed by atoms with van der Waals surface area (Å²) in [5.74, 6) is -2.54. The molecule has 1 aliphatic rings. The van der Waals surface area contributed by atoms with Gasteiger partial charge >= 0.3 is 0 Å². The lowest BCUT2D eigenvalue weighted by Gasteiger charge is -2.27. The first-order valence-electron chi connectivity index (χ1n) is 9.21. The zero-order valence-electron chi connectivity index (χ0n) is 16.0. The number of anilines is 2. The van der Waals surface area contributed by atoms with Gasteiger partial charge in [0, 0.05) is 59.6 Å². The number of carbonyl (C=O) groups excluding carboxylic acids is 1. The van der Waals surface area contributed by atoms with Gasteiger partial charge in [0.1, 0.15) is 0 Å². The molecule has 9 nitrogen and oxygen atoms in total. The predicted octanol–water partition coefficient (Wildman–Crippen LogP) is 1.32. The monoisotopic (exact) mass is 428 g/mol. The highest BCUT2D eigenvalue weighted by Crippen LogP contribution is 2.30. The molecule has 0 bridgehead atoms. The van der Waals surface area contributed by atoms with Crippen LogP contribution in [-0.2, 0) is 25.4 Å². The van der Waals surface area contributed by atoms with E-state index in [2.05, 4.69) is 25.2 Å². The summed E-state index contributed by atoms with van der Waals surface area (Å²) < 4.78 is 13.7. The number of nitrogens with zero attached hydrogens (tertiary/aromatic N) is 4. The minimum atomic E-state index is -2.52. The molecule has 156 valence electrons. The second kappa shape index (κ2) is 8.03. The molecule has 0 radical (unpaired) electrons. The molecule has 1 amide bonds. The highest BCUT2D eigenvalue weighted by atomic mass is 32.1. The maximum atomic E-state index is 13.7. The van der Waals surface area contributed by atoms with E-state index in [1.165, 1.54) is 18.5 Å². The molecular weight excluding hydrogens is 407 g/mol. The van der Waals surface area contributed by atoms with Gasteiger partial charge in [-0.1, -0.05) is 0 Å². The average Bonchev–Trinajstić information content (AvgIpc) is 3.13. The highest BCUT2D eigenvalue weighted by Gasteiger charge is 2.25. The number of nitrogens with two attached hydrogens (primary N) is 3. The van der Waals surface area contributed by atoms with Crippen LogP contribution in [0.2, 0.25) is 0 Å². The molecule has 0 fully saturated rings. The molecule has 3 aromatic rings. The maximum absolute atomic E-state index is 13.7. The van der Waals surface area contributed by atoms with Gasteiger partial charge in [-0.3, -0.25) is 26.1 Å². The first-order chi connectivity index (χ1) is 14.3. The van der Waals surface area contributed by atoms with Gasteiger partial charge in [0.05, 0.1) is 17.4 Å². The first-order valence-corrected chi connectivity index (χ1v) is 10.1. The molecule has 4 rings (SSSR count). The van der Waals surface area contributed by atoms with E-state index in [-0.39, 0.29) is 17.4 Å². The molecule has 0 aromatic carbocycles. The number of aromatic nitrogens is 3. The number of hydrogen-bond donors (Lipinski definition) is 4. The molecule has 30 heavy (non-hydrogen) atoms. The number of nitrogens with one attached hydrogen (secondary N) is 1. The van der Waals surface area contributed by atoms with E-state index in [0.29, 0.717) is 17.8 Å². The molecular formula is C19H21FN8OS. The number of alkyl halides is 1. The number of pyridine rings is 1. The fraction of sp³-hybridized carbons (Fsp3) is 0.263. The minimum absolute atomic E-state index is 0.0186. The van der Waals surface area contributed by atoms with Crippen molar-refractivity contribution in [3.05, 3.63) is 63.4 Å². The van der Waals surface area contributed by atoms with Crippen LogP contribution in [0.25, 0.3) is 0 Å². The Hall–Kier alpha value is -2.99. The van der Waals surface area contributed by atoms with Crippen molar-refractivity contribution in [1.82, 2.24) is 19.9 Å². The van der Waals surface area contributed by atoms with E-state index >= 15 is 0 Å². The van der Waals surface area contributed by atoms with E-state index in [1.54, 1.807) is 23.7 Å². The standard InChI is InChI=1S/C19H21FN8OS/c20-19(22,23)12-3-13(7-24-6-12)27-17(29)15-10-30-16-9-28(2-1-14(15)16)8-11-4-25-18(21)26-5-11/h3-7,10H,1-2,8-9,22-23H2,(H,27,29)(H2,21,25,26). The molecule has 0 saturated carbocycles. The number of thiophene rings is 1. The van der Waals surface area contributed by atoms with Crippen LogP contribution < -0.4 is 22.5 Å². The van der Waals surface area contributed by atoms with Gasteiger partial charge in [0.25, 0.3) is 5.91 Å². The van der Waals surface area contributed by atoms with Crippen LogP contribution in [-0.4, -0.2) is 32.3 Å². The zero-order chi connectivity index (χ0) is 21.3. The van der Waals surface area contributed by atoms with Crippen LogP contribution in [0.1, 0.15) is 31.9 Å². The number of fused-ring (bicyclic) bond motifs is 1. The summed E-state index contributed by atoms with van der Waals surface area (Å²) in [5, 5.41) is 4.59. The van der Waals surface area contributed by atoms with Crippen LogP contribution >= 0.6 is 11.3 Å². The summed E-state index contributed by atoms with van der Waals surface area (Å²) in [6.07, 6.45) is 6.84. The van der Waals surface area contributed by atoms with E-state index in [4.69, 9.17) is 17.2 Å². The lowest BCUT2D eigenvalue weighted by Crippen LogP contribution is -2.41. The minimum Gasteiger partial charge on any atom is -0.368 e. The van der Waals surface area contributed by atoms with Gasteiger partial charge in [-0.15, -0.1) is 11.3 Å². The predicted molar refractivity (Wildman–Crippen MR) is 112 cm³/mol. The second-order valence-corrected chi connectivity index (χ2v) is 8.11. The van der Waals surface area contributed by atoms with Crippen molar-refractivity contribution in [3.8, 4) is 0 Å². The van der Waals surface area contributed by atoms with E-state index in [0.717, 1.165) is 35.5 Å². The Morgan fingerprint density at radius 2 is 2.03 bits per heavy atom. The van der Waals surface area contributed by atoms with Crippen molar-refractivity contribution < 1.29 is 9.18 Å². The summed E-state index contributed by atoms with van der Waals surface area (Å²) in [5.41, 5.74) is 19.0. The summed E-state index contributed by atoms with van der Waals surface area (Å²) in [7, 11) is 0. The molecule has 0 unspecified atom stereocenters. The smallest absolute Gasteiger partial charge is 0.256 e. The zero-order valence-corrected chi connectivity index (χ0v) is 16.8. The van der Waals surface area contributed by atoms with Crippen molar-refractivity contribution in [1.29, 1.82) is 0 Å². The molecule has 1 aliphatic heterocycles. The number of halogens is 1. The first kappa shape index (κ1) is 20.3. The van der Waals surface area contributed by atoms with Gasteiger partial charge in [-0.25, -0.2) is 14.4 Å². The van der Waals surface area contributed by atoms with Crippen LogP contribution in [0.15, 0.2) is 36.2 Å². The van der Waals surface area contributed by atoms with Gasteiger partial charge in [-0.2, -0.15) is 0 Å². The molecule has 0 spiro atoms. The van der Waals surface area contributed by atoms with Crippen LogP contribution in [0.5, 0.6) is 0 Å². The normalized spacial score (nSPS) is 14.4. The number of amides is 1. The number of rotatable bonds is 5. The van der Waals surface area contributed by atoms with Crippen LogP contribution in [0.3, 0.4) is 0 Å². The Bertz CT molecular complexity index is 1060. The fourth-order valence-corrected chi connectivity index (χ4v) is 4.45. The van der Waals surface area contributed by atoms with Crippen molar-refractivity contribution in [3.63, 3.8) is 0 Å². The number of nitrogen functional groups attached to an aromatic ring is 1. The van der Waals surface area contributed by atoms with Gasteiger partial charge in [-0.05, 0) is 18.1 Å². The third-order valence-electron chi connectivity index (χ3n) is 4.84. The quantitative estimate of drug-likeness (QED) is 0.351. The van der Waals surface area contributed by atoms with Crippen molar-refractivity contribution in [2.45, 2.75) is 25.4 Å². The molecule has 3 aromatic heterocycles.